The van der Waals surface area contributed by atoms with Crippen LogP contribution in [0.1, 0.15) is 135 Å². The van der Waals surface area contributed by atoms with Crippen LogP contribution in [0.2, 0.25) is 0 Å². The Morgan fingerprint density at radius 1 is 0.548 bits per heavy atom. The fourth-order valence-corrected chi connectivity index (χ4v) is 27.9. The zero-order valence-corrected chi connectivity index (χ0v) is 85.3. The lowest BCUT2D eigenvalue weighted by Crippen LogP contribution is -2.51. The van der Waals surface area contributed by atoms with Crippen molar-refractivity contribution in [3.05, 3.63) is 225 Å². The minimum atomic E-state index is -3.96. The van der Waals surface area contributed by atoms with Crippen LogP contribution < -0.4 is 39.1 Å². The van der Waals surface area contributed by atoms with Crippen molar-refractivity contribution >= 4 is 93.5 Å². The number of hydrogen-bond donors (Lipinski definition) is 7. The number of hydrogen-bond acceptors (Lipinski definition) is 27. The third kappa shape index (κ3) is 18.4. The molecule has 10 aliphatic rings. The van der Waals surface area contributed by atoms with Gasteiger partial charge in [-0.1, -0.05) is 191 Å². The van der Waals surface area contributed by atoms with Crippen LogP contribution in [0, 0.1) is 58.2 Å². The molecule has 0 radical (unpaired) electrons. The van der Waals surface area contributed by atoms with Crippen LogP contribution in [0.15, 0.2) is 181 Å². The predicted molar refractivity (Wildman–Crippen MR) is 540 cm³/mol. The normalized spacial score (nSPS) is 29.8. The number of carbonyl (C=O) groups excluding carboxylic acids is 1. The van der Waals surface area contributed by atoms with Gasteiger partial charge >= 0.3 is 45.9 Å². The minimum absolute atomic E-state index is 0.00694. The third-order valence-corrected chi connectivity index (χ3v) is 34.0. The molecule has 7 N–H and O–H groups in total. The summed E-state index contributed by atoms with van der Waals surface area (Å²) in [6.45, 7) is 15.9. The Kier molecular flexibility index (Phi) is 26.7. The fourth-order valence-electron chi connectivity index (χ4n) is 25.7. The maximum atomic E-state index is 13.0. The molecule has 5 aromatic heterocycles. The molecule has 23 atom stereocenters. The standard InChI is InChI=1S/C43H64N3O10P.C31H28N5O8P.C30H26N5O8P/c1-26(2)10-8-11-27(3)32-15-16-33-31-14-13-29-22-30(17-19-41(29,4)34(31)18-20-42(32,33)5)54-40(49)44-21-9-12-28-23-46(39(48)45-37(28)47)38-35-36(56-57(7,50)51)43(55-38,24-52-6)25-53-35;1-41-15-31-16-42-26(27(31)44-45(2,39)40)29(43-31)36-13-22(28(37)32-30(36)38)23-14-35(34-33-23)12-20-9-8-19-7-6-17-4-3-5-18-10-11-21(20)25(19)24(17)18;1-40-14-30-15-41-25(26(30)43-44(2,38)39)28(42-30)34-12-20(27(36)31-29(34)37)21-13-35(33-32-21)22-11-9-18-7-6-16-4-3-5-17-8-10-19(22)24(18)23(16)17/h13,23,26-27,30-36,38H,8,10-11,14-22,24-25H2,1-7H3,(H,44,49)(H,50,51)(H,45,47,48);3-11,13-14,26-27,29H,12,15-16H2,1-2H3,(H,39,40)(H,32,37,38);3-13,25-26,28H,14-15H2,1-2H3,(H,38,39)(H,31,36,37)/t27?,30-,31-,32+,33-,34-,35?,36+,38+,41-,42+,43-;26?,27-,29-,31+;25?,26-,28-,30+/m011/s1. The van der Waals surface area contributed by atoms with E-state index in [1.165, 1.54) is 121 Å². The maximum Gasteiger partial charge on any atom is 0.408 e. The minimum Gasteiger partial charge on any atom is -0.446 e. The summed E-state index contributed by atoms with van der Waals surface area (Å²) in [5.41, 5.74) is -3.53. The van der Waals surface area contributed by atoms with Gasteiger partial charge in [-0.05, 0) is 162 Å². The van der Waals surface area contributed by atoms with Gasteiger partial charge < -0.3 is 67.4 Å². The topological polar surface area (TPSA) is 487 Å². The van der Waals surface area contributed by atoms with Crippen molar-refractivity contribution in [3.63, 3.8) is 0 Å². The highest BCUT2D eigenvalue weighted by Crippen LogP contribution is 2.68. The summed E-state index contributed by atoms with van der Waals surface area (Å²) < 4.78 is 118. The number of benzene rings is 8. The van der Waals surface area contributed by atoms with Crippen molar-refractivity contribution in [1.29, 1.82) is 0 Å². The first-order chi connectivity index (χ1) is 69.8. The van der Waals surface area contributed by atoms with Gasteiger partial charge in [-0.25, -0.2) is 28.5 Å². The molecule has 770 valence electrons. The average molecular weight is 2060 g/mol. The monoisotopic (exact) mass is 2060 g/mol. The molecule has 39 nitrogen and oxygen atoms in total. The van der Waals surface area contributed by atoms with Gasteiger partial charge in [0.05, 0.1) is 81.9 Å². The lowest BCUT2D eigenvalue weighted by molar-refractivity contribution is -0.190. The Morgan fingerprint density at radius 2 is 1.03 bits per heavy atom. The van der Waals surface area contributed by atoms with Crippen molar-refractivity contribution in [2.75, 3.05) is 87.5 Å². The number of methoxy groups -OCH3 is 3. The van der Waals surface area contributed by atoms with Gasteiger partial charge in [0.2, 0.25) is 0 Å². The number of carbonyl (C=O) groups is 1. The number of alkyl carbamates (subject to hydrolysis) is 1. The lowest BCUT2D eigenvalue weighted by Gasteiger charge is -2.58. The first-order valence-corrected chi connectivity index (χ1v) is 55.5. The van der Waals surface area contributed by atoms with Crippen molar-refractivity contribution in [2.45, 2.75) is 190 Å². The summed E-state index contributed by atoms with van der Waals surface area (Å²) >= 11 is 0. The van der Waals surface area contributed by atoms with Crippen LogP contribution in [-0.4, -0.2) is 226 Å². The summed E-state index contributed by atoms with van der Waals surface area (Å²) in [5.74, 6) is 10.2. The van der Waals surface area contributed by atoms with E-state index in [-0.39, 0.29) is 85.8 Å². The fraction of sp³-hybridized carbons (Fsp3) is 0.490. The number of allylic oxidation sites excluding steroid dienone is 1. The Morgan fingerprint density at radius 3 is 1.55 bits per heavy atom. The van der Waals surface area contributed by atoms with Gasteiger partial charge in [0.1, 0.15) is 76.5 Å². The number of aromatic nitrogens is 12. The zero-order valence-electron chi connectivity index (χ0n) is 82.6. The smallest absolute Gasteiger partial charge is 0.408 e. The second-order valence-corrected chi connectivity index (χ2v) is 47.5. The zero-order chi connectivity index (χ0) is 102. The number of amides is 1. The summed E-state index contributed by atoms with van der Waals surface area (Å²) in [5, 5.41) is 33.5. The molecule has 1 amide bonds. The van der Waals surface area contributed by atoms with Gasteiger partial charge in [-0.15, -0.1) is 10.2 Å². The highest BCUT2D eigenvalue weighted by molar-refractivity contribution is 7.52. The van der Waals surface area contributed by atoms with Crippen LogP contribution in [0.5, 0.6) is 0 Å². The summed E-state index contributed by atoms with van der Waals surface area (Å²) in [4.78, 5) is 127. The summed E-state index contributed by atoms with van der Waals surface area (Å²) in [7, 11) is -7.52. The molecule has 4 aliphatic carbocycles. The second-order valence-electron chi connectivity index (χ2n) is 42.0. The Balaban J connectivity index is 0.000000130. The largest absolute Gasteiger partial charge is 0.446 e. The quantitative estimate of drug-likeness (QED) is 0.0109. The Hall–Kier alpha value is -11.2. The third-order valence-electron chi connectivity index (χ3n) is 32.1. The van der Waals surface area contributed by atoms with Crippen molar-refractivity contribution in [1.82, 2.24) is 64.0 Å². The van der Waals surface area contributed by atoms with Crippen LogP contribution in [0.4, 0.5) is 4.79 Å². The van der Waals surface area contributed by atoms with Crippen LogP contribution in [-0.2, 0) is 81.2 Å². The Bertz CT molecular complexity index is 7870. The first kappa shape index (κ1) is 101. The van der Waals surface area contributed by atoms with Crippen molar-refractivity contribution < 1.29 is 94.1 Å². The number of nitrogens with one attached hydrogen (secondary N) is 4. The highest BCUT2D eigenvalue weighted by atomic mass is 31.2. The molecule has 9 fully saturated rings. The van der Waals surface area contributed by atoms with Crippen LogP contribution >= 0.6 is 22.8 Å². The summed E-state index contributed by atoms with van der Waals surface area (Å²) in [6, 6.07) is 37.5. The van der Waals surface area contributed by atoms with E-state index in [0.717, 1.165) is 134 Å². The number of fused-ring (bicyclic) bond motifs is 11. The van der Waals surface area contributed by atoms with E-state index in [2.05, 4.69) is 184 Å². The number of rotatable bonds is 27. The number of aromatic amines is 3. The number of H-pyrrole nitrogens is 3. The van der Waals surface area contributed by atoms with Gasteiger partial charge in [-0.3, -0.25) is 70.3 Å². The first-order valence-electron chi connectivity index (χ1n) is 49.4. The van der Waals surface area contributed by atoms with E-state index in [0.29, 0.717) is 17.9 Å². The van der Waals surface area contributed by atoms with Gasteiger partial charge in [-0.2, -0.15) is 0 Å². The molecular formula is C104H118N13O26P3. The van der Waals surface area contributed by atoms with Crippen molar-refractivity contribution in [2.24, 2.45) is 46.3 Å². The van der Waals surface area contributed by atoms with Gasteiger partial charge in [0.15, 0.2) is 18.7 Å². The molecule has 7 unspecified atom stereocenters. The molecule has 0 spiro atoms. The van der Waals surface area contributed by atoms with E-state index >= 15 is 0 Å². The molecule has 11 heterocycles. The van der Waals surface area contributed by atoms with E-state index in [1.54, 1.807) is 21.8 Å². The molecule has 146 heavy (non-hydrogen) atoms. The molecule has 42 heteroatoms. The average Bonchev–Trinajstić information content (AvgIpc) is 1.49. The van der Waals surface area contributed by atoms with Crippen LogP contribution in [0.3, 0.4) is 0 Å². The predicted octanol–water partition coefficient (Wildman–Crippen LogP) is 13.0. The molecule has 6 saturated heterocycles. The molecule has 13 aromatic rings. The summed E-state index contributed by atoms with van der Waals surface area (Å²) in [6.07, 6.45) is 13.1. The van der Waals surface area contributed by atoms with Crippen LogP contribution in [0.25, 0.3) is 92.8 Å². The second kappa shape index (κ2) is 38.8. The molecule has 6 bridgehead atoms. The Labute approximate surface area is 836 Å². The van der Waals surface area contributed by atoms with E-state index in [1.807, 2.05) is 18.2 Å². The van der Waals surface area contributed by atoms with E-state index in [9.17, 15) is 61.9 Å². The van der Waals surface area contributed by atoms with Crippen molar-refractivity contribution in [3.8, 4) is 40.0 Å². The molecule has 6 aliphatic heterocycles. The highest BCUT2D eigenvalue weighted by Gasteiger charge is 2.68. The molecule has 8 aromatic carbocycles. The number of nitrogens with zero attached hydrogens (tertiary/aromatic N) is 9. The van der Waals surface area contributed by atoms with Gasteiger partial charge in [0, 0.05) is 71.7 Å². The lowest BCUT2D eigenvalue weighted by atomic mass is 9.47. The maximum absolute atomic E-state index is 13.0. The SMILES string of the molecule is COC[C@@]12COC([C@H](n3cc(-c4cn(-c5ccc6ccc7cccc8ccc5c6c78)nn4)c(=O)[nH]c3=O)O1)[C@H]2OP(C)(=O)O.COC[C@@]12COC([C@H](n3cc(-c4cn(Cc5ccc6ccc7cccc8ccc5c6c78)nn4)c(=O)[nH]c3=O)O1)[C@H]2OP(C)(=O)O.COC[C@@]12COC([C@H](n3cc(C#CCNC(=O)O[C@H]4CC[C@@]5(C)C(=CC[C@H]6[C@@H]7CC[C@H](C(C)CCCC(C)C)[C@@]7(C)CC[C@@H]65)C4)c(=O)[nH]c3=O)O1)[C@H]2OP(C)(=O)O. The molecule has 3 saturated carbocycles. The van der Waals surface area contributed by atoms with Gasteiger partial charge in [0.25, 0.3) is 16.7 Å². The molecule has 23 rings (SSSR count). The van der Waals surface area contributed by atoms with E-state index in [4.69, 9.17) is 60.9 Å². The van der Waals surface area contributed by atoms with E-state index < -0.39 is 135 Å². The molecular weight excluding hydrogens is 1940 g/mol. The number of ether oxygens (including phenoxy) is 10.